The van der Waals surface area contributed by atoms with E-state index in [0.717, 1.165) is 24.8 Å². The van der Waals surface area contributed by atoms with Crippen molar-refractivity contribution in [3.8, 4) is 0 Å². The fourth-order valence-corrected chi connectivity index (χ4v) is 2.75. The first-order valence-corrected chi connectivity index (χ1v) is 7.83. The normalized spacial score (nSPS) is 15.1. The highest BCUT2D eigenvalue weighted by Gasteiger charge is 2.22. The molecule has 21 heavy (non-hydrogen) atoms. The number of hydrogen-bond donors (Lipinski definition) is 1. The molecule has 1 fully saturated rings. The molecule has 1 aliphatic carbocycles. The van der Waals surface area contributed by atoms with E-state index in [2.05, 4.69) is 47.2 Å². The van der Waals surface area contributed by atoms with E-state index in [4.69, 9.17) is 5.10 Å². The number of nitrogens with zero attached hydrogens (tertiary/aromatic N) is 4. The number of hydrogen-bond acceptors (Lipinski definition) is 3. The van der Waals surface area contributed by atoms with E-state index in [0.29, 0.717) is 6.04 Å². The summed E-state index contributed by atoms with van der Waals surface area (Å²) < 4.78 is 4.31. The Morgan fingerprint density at radius 1 is 1.33 bits per heavy atom. The van der Waals surface area contributed by atoms with Crippen LogP contribution >= 0.6 is 0 Å². The summed E-state index contributed by atoms with van der Waals surface area (Å²) in [5.74, 6) is 0. The summed E-state index contributed by atoms with van der Waals surface area (Å²) >= 11 is 0. The van der Waals surface area contributed by atoms with Crippen molar-refractivity contribution in [1.82, 2.24) is 24.6 Å². The van der Waals surface area contributed by atoms with Crippen molar-refractivity contribution in [2.24, 2.45) is 0 Å². The maximum atomic E-state index is 4.72. The quantitative estimate of drug-likeness (QED) is 0.888. The first-order valence-electron chi connectivity index (χ1n) is 7.83. The fraction of sp³-hybridized carbons (Fsp3) is 0.625. The summed E-state index contributed by atoms with van der Waals surface area (Å²) in [5.41, 5.74) is 4.95. The molecular weight excluding hydrogens is 262 g/mol. The van der Waals surface area contributed by atoms with E-state index < -0.39 is 0 Å². The third-order valence-corrected chi connectivity index (χ3v) is 4.29. The van der Waals surface area contributed by atoms with E-state index in [1.165, 1.54) is 29.8 Å². The Bertz CT molecular complexity index is 619. The van der Waals surface area contributed by atoms with Crippen LogP contribution < -0.4 is 5.32 Å². The van der Waals surface area contributed by atoms with Gasteiger partial charge in [-0.1, -0.05) is 0 Å². The van der Waals surface area contributed by atoms with Crippen LogP contribution in [0.25, 0.3) is 0 Å². The molecule has 2 aromatic rings. The molecule has 0 aromatic carbocycles. The Labute approximate surface area is 126 Å². The average molecular weight is 287 g/mol. The van der Waals surface area contributed by atoms with Crippen molar-refractivity contribution in [1.29, 1.82) is 0 Å². The Hall–Kier alpha value is -1.62. The molecule has 0 amide bonds. The molecule has 3 rings (SSSR count). The zero-order valence-corrected chi connectivity index (χ0v) is 13.4. The van der Waals surface area contributed by atoms with Gasteiger partial charge in [0.15, 0.2) is 0 Å². The minimum absolute atomic E-state index is 0.426. The van der Waals surface area contributed by atoms with Crippen molar-refractivity contribution in [3.05, 3.63) is 35.2 Å². The summed E-state index contributed by atoms with van der Waals surface area (Å²) in [4.78, 5) is 4.28. The lowest BCUT2D eigenvalue weighted by molar-refractivity contribution is 0.542. The van der Waals surface area contributed by atoms with Crippen molar-refractivity contribution in [2.75, 3.05) is 0 Å². The SMILES string of the molecule is Cc1nn(Cc2cncn2C(C)C)c(C)c1CNC1CC1. The maximum absolute atomic E-state index is 4.72. The van der Waals surface area contributed by atoms with Gasteiger partial charge in [-0.05, 0) is 40.5 Å². The highest BCUT2D eigenvalue weighted by Crippen LogP contribution is 2.21. The van der Waals surface area contributed by atoms with Gasteiger partial charge in [-0.25, -0.2) is 4.98 Å². The first-order chi connectivity index (χ1) is 10.1. The second-order valence-electron chi connectivity index (χ2n) is 6.35. The van der Waals surface area contributed by atoms with E-state index in [1.807, 2.05) is 12.5 Å². The summed E-state index contributed by atoms with van der Waals surface area (Å²) in [5, 5.41) is 8.30. The van der Waals surface area contributed by atoms with Gasteiger partial charge in [-0.15, -0.1) is 0 Å². The Morgan fingerprint density at radius 2 is 2.10 bits per heavy atom. The van der Waals surface area contributed by atoms with Crippen LogP contribution in [0.5, 0.6) is 0 Å². The molecule has 0 unspecified atom stereocenters. The number of rotatable bonds is 6. The largest absolute Gasteiger partial charge is 0.330 e. The fourth-order valence-electron chi connectivity index (χ4n) is 2.75. The molecule has 2 heterocycles. The van der Waals surface area contributed by atoms with E-state index in [1.54, 1.807) is 0 Å². The smallest absolute Gasteiger partial charge is 0.0951 e. The molecule has 5 nitrogen and oxygen atoms in total. The predicted molar refractivity (Wildman–Crippen MR) is 83.3 cm³/mol. The van der Waals surface area contributed by atoms with E-state index in [-0.39, 0.29) is 0 Å². The standard InChI is InChI=1S/C16H25N5/c1-11(2)20-10-17-7-15(20)9-21-13(4)16(12(3)19-21)8-18-14-5-6-14/h7,10-11,14,18H,5-6,8-9H2,1-4H3. The van der Waals surface area contributed by atoms with Crippen LogP contribution in [0, 0.1) is 13.8 Å². The average Bonchev–Trinajstić information content (AvgIpc) is 3.07. The Kier molecular flexibility index (Phi) is 3.85. The van der Waals surface area contributed by atoms with Crippen LogP contribution in [0.4, 0.5) is 0 Å². The molecule has 0 aliphatic heterocycles. The van der Waals surface area contributed by atoms with Gasteiger partial charge in [0, 0.05) is 29.9 Å². The molecule has 114 valence electrons. The number of aromatic nitrogens is 4. The zero-order chi connectivity index (χ0) is 15.0. The number of nitrogens with one attached hydrogen (secondary N) is 1. The molecule has 1 N–H and O–H groups in total. The molecule has 0 saturated heterocycles. The molecule has 0 spiro atoms. The van der Waals surface area contributed by atoms with Crippen LogP contribution in [0.3, 0.4) is 0 Å². The van der Waals surface area contributed by atoms with Crippen LogP contribution in [0.1, 0.15) is 55.4 Å². The summed E-state index contributed by atoms with van der Waals surface area (Å²) in [7, 11) is 0. The third kappa shape index (κ3) is 3.02. The van der Waals surface area contributed by atoms with Gasteiger partial charge in [-0.2, -0.15) is 5.10 Å². The highest BCUT2D eigenvalue weighted by atomic mass is 15.3. The van der Waals surface area contributed by atoms with Gasteiger partial charge >= 0.3 is 0 Å². The summed E-state index contributed by atoms with van der Waals surface area (Å²) in [6.07, 6.45) is 6.49. The molecule has 2 aromatic heterocycles. The van der Waals surface area contributed by atoms with Crippen LogP contribution in [0.15, 0.2) is 12.5 Å². The molecule has 5 heteroatoms. The Balaban J connectivity index is 1.78. The van der Waals surface area contributed by atoms with Crippen LogP contribution in [0.2, 0.25) is 0 Å². The lowest BCUT2D eigenvalue weighted by atomic mass is 10.2. The summed E-state index contributed by atoms with van der Waals surface area (Å²) in [6.45, 7) is 10.3. The van der Waals surface area contributed by atoms with Gasteiger partial charge < -0.3 is 9.88 Å². The van der Waals surface area contributed by atoms with E-state index in [9.17, 15) is 0 Å². The minimum Gasteiger partial charge on any atom is -0.330 e. The molecule has 0 atom stereocenters. The van der Waals surface area contributed by atoms with Crippen molar-refractivity contribution < 1.29 is 0 Å². The topological polar surface area (TPSA) is 47.7 Å². The lowest BCUT2D eigenvalue weighted by Gasteiger charge is -2.12. The zero-order valence-electron chi connectivity index (χ0n) is 13.4. The monoisotopic (exact) mass is 287 g/mol. The second-order valence-corrected chi connectivity index (χ2v) is 6.35. The van der Waals surface area contributed by atoms with Gasteiger partial charge in [0.2, 0.25) is 0 Å². The number of aryl methyl sites for hydroxylation is 1. The van der Waals surface area contributed by atoms with Gasteiger partial charge in [0.25, 0.3) is 0 Å². The highest BCUT2D eigenvalue weighted by molar-refractivity contribution is 5.25. The van der Waals surface area contributed by atoms with E-state index >= 15 is 0 Å². The molecule has 0 radical (unpaired) electrons. The van der Waals surface area contributed by atoms with Crippen molar-refractivity contribution in [3.63, 3.8) is 0 Å². The second kappa shape index (κ2) is 5.64. The van der Waals surface area contributed by atoms with Gasteiger partial charge in [0.05, 0.1) is 30.5 Å². The predicted octanol–water partition coefficient (Wildman–Crippen LogP) is 2.58. The van der Waals surface area contributed by atoms with Crippen LogP contribution in [-0.2, 0) is 13.1 Å². The summed E-state index contributed by atoms with van der Waals surface area (Å²) in [6, 6.07) is 1.16. The maximum Gasteiger partial charge on any atom is 0.0951 e. The van der Waals surface area contributed by atoms with Crippen LogP contribution in [-0.4, -0.2) is 25.4 Å². The lowest BCUT2D eigenvalue weighted by Crippen LogP contribution is -2.16. The molecule has 1 aliphatic rings. The number of imidazole rings is 1. The Morgan fingerprint density at radius 3 is 2.76 bits per heavy atom. The van der Waals surface area contributed by atoms with Crippen molar-refractivity contribution in [2.45, 2.75) is 65.7 Å². The first kappa shape index (κ1) is 14.3. The molecule has 0 bridgehead atoms. The molecule has 1 saturated carbocycles. The third-order valence-electron chi connectivity index (χ3n) is 4.29. The van der Waals surface area contributed by atoms with Crippen molar-refractivity contribution >= 4 is 0 Å². The van der Waals surface area contributed by atoms with Gasteiger partial charge in [0.1, 0.15) is 0 Å². The molecular formula is C16H25N5. The van der Waals surface area contributed by atoms with Gasteiger partial charge in [-0.3, -0.25) is 4.68 Å². The minimum atomic E-state index is 0.426.